The zero-order valence-electron chi connectivity index (χ0n) is 15.3. The van der Waals surface area contributed by atoms with E-state index in [9.17, 15) is 9.59 Å². The lowest BCUT2D eigenvalue weighted by molar-refractivity contribution is -0.130. The molecule has 1 aliphatic rings. The molecule has 1 aliphatic heterocycles. The van der Waals surface area contributed by atoms with Crippen LogP contribution in [0.5, 0.6) is 5.75 Å². The van der Waals surface area contributed by atoms with E-state index < -0.39 is 0 Å². The molecule has 3 aromatic rings. The number of likely N-dealkylation sites (tertiary alicyclic amines) is 1. The third-order valence-corrected chi connectivity index (χ3v) is 5.27. The molecule has 2 aromatic carbocycles. The van der Waals surface area contributed by atoms with E-state index in [1.165, 1.54) is 0 Å². The fourth-order valence-corrected chi connectivity index (χ4v) is 3.83. The number of carbonyl (C=O) groups excluding carboxylic acids is 2. The summed E-state index contributed by atoms with van der Waals surface area (Å²) < 4.78 is 5.15. The highest BCUT2D eigenvalue weighted by molar-refractivity contribution is 6.02. The van der Waals surface area contributed by atoms with Gasteiger partial charge < -0.3 is 14.6 Å². The topological polar surface area (TPSA) is 62.4 Å². The number of nitrogens with one attached hydrogen (secondary N) is 1. The number of amides is 1. The van der Waals surface area contributed by atoms with Crippen LogP contribution in [0.1, 0.15) is 28.8 Å². The number of ether oxygens (including phenoxy) is 1. The average Bonchev–Trinajstić information content (AvgIpc) is 3.35. The fraction of sp³-hybridized carbons (Fsp3) is 0.273. The van der Waals surface area contributed by atoms with E-state index in [1.54, 1.807) is 36.3 Å². The number of hydrogen-bond acceptors (Lipinski definition) is 3. The van der Waals surface area contributed by atoms with Crippen molar-refractivity contribution in [1.29, 1.82) is 0 Å². The molecule has 0 spiro atoms. The quantitative estimate of drug-likeness (QED) is 0.706. The normalized spacial score (nSPS) is 16.6. The van der Waals surface area contributed by atoms with Crippen molar-refractivity contribution >= 4 is 22.6 Å². The monoisotopic (exact) mass is 362 g/mol. The van der Waals surface area contributed by atoms with Crippen molar-refractivity contribution in [1.82, 2.24) is 9.88 Å². The summed E-state index contributed by atoms with van der Waals surface area (Å²) in [5.74, 6) is 0.719. The summed E-state index contributed by atoms with van der Waals surface area (Å²) in [5, 5.41) is 1.06. The Morgan fingerprint density at radius 2 is 1.93 bits per heavy atom. The summed E-state index contributed by atoms with van der Waals surface area (Å²) in [5.41, 5.74) is 2.61. The van der Waals surface area contributed by atoms with Crippen molar-refractivity contribution in [3.63, 3.8) is 0 Å². The first-order valence-corrected chi connectivity index (χ1v) is 9.20. The van der Waals surface area contributed by atoms with Gasteiger partial charge in [0.2, 0.25) is 5.91 Å². The van der Waals surface area contributed by atoms with Crippen LogP contribution in [0.2, 0.25) is 0 Å². The second-order valence-electron chi connectivity index (χ2n) is 6.87. The maximum atomic E-state index is 12.9. The van der Waals surface area contributed by atoms with Crippen molar-refractivity contribution in [2.75, 3.05) is 13.7 Å². The van der Waals surface area contributed by atoms with E-state index in [4.69, 9.17) is 4.74 Å². The van der Waals surface area contributed by atoms with Gasteiger partial charge in [-0.15, -0.1) is 0 Å². The van der Waals surface area contributed by atoms with E-state index in [1.807, 2.05) is 30.5 Å². The van der Waals surface area contributed by atoms with Crippen LogP contribution in [0.3, 0.4) is 0 Å². The summed E-state index contributed by atoms with van der Waals surface area (Å²) in [6.07, 6.45) is 3.76. The third-order valence-electron chi connectivity index (χ3n) is 5.27. The Balaban J connectivity index is 1.51. The van der Waals surface area contributed by atoms with Crippen LogP contribution in [0.4, 0.5) is 0 Å². The molecule has 5 nitrogen and oxygen atoms in total. The smallest absolute Gasteiger partial charge is 0.227 e. The maximum Gasteiger partial charge on any atom is 0.227 e. The van der Waals surface area contributed by atoms with Gasteiger partial charge in [-0.1, -0.05) is 18.2 Å². The van der Waals surface area contributed by atoms with Gasteiger partial charge in [-0.25, -0.2) is 0 Å². The van der Waals surface area contributed by atoms with Crippen molar-refractivity contribution < 1.29 is 14.3 Å². The van der Waals surface area contributed by atoms with Crippen LogP contribution in [-0.4, -0.2) is 41.3 Å². The summed E-state index contributed by atoms with van der Waals surface area (Å²) in [4.78, 5) is 30.8. The summed E-state index contributed by atoms with van der Waals surface area (Å²) in [6.45, 7) is 0.633. The van der Waals surface area contributed by atoms with Gasteiger partial charge in [-0.2, -0.15) is 0 Å². The number of methoxy groups -OCH3 is 1. The Morgan fingerprint density at radius 3 is 2.70 bits per heavy atom. The number of hydrogen-bond donors (Lipinski definition) is 1. The number of para-hydroxylation sites is 1. The van der Waals surface area contributed by atoms with Gasteiger partial charge in [0, 0.05) is 29.2 Å². The molecular formula is C22H22N2O3. The van der Waals surface area contributed by atoms with E-state index in [0.717, 1.165) is 22.9 Å². The molecule has 0 radical (unpaired) electrons. The van der Waals surface area contributed by atoms with Gasteiger partial charge in [0.1, 0.15) is 5.75 Å². The molecule has 0 aliphatic carbocycles. The lowest BCUT2D eigenvalue weighted by atomic mass is 10.0. The van der Waals surface area contributed by atoms with Gasteiger partial charge in [-0.05, 0) is 48.7 Å². The van der Waals surface area contributed by atoms with Gasteiger partial charge in [0.15, 0.2) is 5.78 Å². The number of aromatic amines is 1. The van der Waals surface area contributed by atoms with Crippen molar-refractivity contribution in [2.24, 2.45) is 0 Å². The SMILES string of the molecule is COc1ccc(C(=O)C2CCCN2C(=O)Cc2c[nH]c3ccccc23)cc1. The Morgan fingerprint density at radius 1 is 1.15 bits per heavy atom. The molecule has 138 valence electrons. The van der Waals surface area contributed by atoms with Gasteiger partial charge >= 0.3 is 0 Å². The molecule has 1 fully saturated rings. The number of carbonyl (C=O) groups is 2. The van der Waals surface area contributed by atoms with Crippen molar-refractivity contribution in [3.8, 4) is 5.75 Å². The highest BCUT2D eigenvalue weighted by Gasteiger charge is 2.34. The van der Waals surface area contributed by atoms with E-state index in [2.05, 4.69) is 4.98 Å². The summed E-state index contributed by atoms with van der Waals surface area (Å²) in [6, 6.07) is 14.7. The van der Waals surface area contributed by atoms with Crippen LogP contribution in [-0.2, 0) is 11.2 Å². The number of rotatable bonds is 5. The number of Topliss-reactive ketones (excluding diaryl/α,β-unsaturated/α-hetero) is 1. The third kappa shape index (κ3) is 3.33. The van der Waals surface area contributed by atoms with Crippen LogP contribution >= 0.6 is 0 Å². The number of H-pyrrole nitrogens is 1. The minimum Gasteiger partial charge on any atom is -0.497 e. The van der Waals surface area contributed by atoms with E-state index in [0.29, 0.717) is 30.7 Å². The standard InChI is InChI=1S/C22H22N2O3/c1-27-17-10-8-15(9-11-17)22(26)20-7-4-12-24(20)21(25)13-16-14-23-19-6-3-2-5-18(16)19/h2-3,5-6,8-11,14,20,23H,4,7,12-13H2,1H3. The number of ketones is 1. The first kappa shape index (κ1) is 17.3. The van der Waals surface area contributed by atoms with Gasteiger partial charge in [0.25, 0.3) is 0 Å². The fourth-order valence-electron chi connectivity index (χ4n) is 3.83. The summed E-state index contributed by atoms with van der Waals surface area (Å²) >= 11 is 0. The Kier molecular flexibility index (Phi) is 4.67. The molecule has 27 heavy (non-hydrogen) atoms. The first-order valence-electron chi connectivity index (χ1n) is 9.20. The minimum absolute atomic E-state index is 0.00225. The Labute approximate surface area is 157 Å². The number of benzene rings is 2. The lowest BCUT2D eigenvalue weighted by Gasteiger charge is -2.24. The molecule has 4 rings (SSSR count). The second-order valence-corrected chi connectivity index (χ2v) is 6.87. The zero-order chi connectivity index (χ0) is 18.8. The van der Waals surface area contributed by atoms with Gasteiger partial charge in [-0.3, -0.25) is 9.59 Å². The predicted molar refractivity (Wildman–Crippen MR) is 104 cm³/mol. The Bertz CT molecular complexity index is 975. The van der Waals surface area contributed by atoms with Crippen LogP contribution in [0.15, 0.2) is 54.7 Å². The molecule has 1 aromatic heterocycles. The number of nitrogens with zero attached hydrogens (tertiary/aromatic N) is 1. The van der Waals surface area contributed by atoms with Gasteiger partial charge in [0.05, 0.1) is 19.6 Å². The summed E-state index contributed by atoms with van der Waals surface area (Å²) in [7, 11) is 1.60. The molecular weight excluding hydrogens is 340 g/mol. The molecule has 0 bridgehead atoms. The molecule has 0 saturated carbocycles. The highest BCUT2D eigenvalue weighted by atomic mass is 16.5. The van der Waals surface area contributed by atoms with Crippen LogP contribution < -0.4 is 4.74 Å². The van der Waals surface area contributed by atoms with Crippen LogP contribution in [0, 0.1) is 0 Å². The lowest BCUT2D eigenvalue weighted by Crippen LogP contribution is -2.41. The largest absolute Gasteiger partial charge is 0.497 e. The number of fused-ring (bicyclic) bond motifs is 1. The molecule has 1 atom stereocenters. The minimum atomic E-state index is -0.379. The second kappa shape index (κ2) is 7.27. The highest BCUT2D eigenvalue weighted by Crippen LogP contribution is 2.25. The molecule has 1 amide bonds. The zero-order valence-corrected chi connectivity index (χ0v) is 15.3. The molecule has 1 saturated heterocycles. The van der Waals surface area contributed by atoms with Crippen LogP contribution in [0.25, 0.3) is 10.9 Å². The molecule has 1 unspecified atom stereocenters. The number of aromatic nitrogens is 1. The first-order chi connectivity index (χ1) is 13.2. The Hall–Kier alpha value is -3.08. The molecule has 5 heteroatoms. The molecule has 2 heterocycles. The maximum absolute atomic E-state index is 12.9. The predicted octanol–water partition coefficient (Wildman–Crippen LogP) is 3.59. The van der Waals surface area contributed by atoms with Crippen molar-refractivity contribution in [2.45, 2.75) is 25.3 Å². The molecule has 1 N–H and O–H groups in total. The van der Waals surface area contributed by atoms with Crippen molar-refractivity contribution in [3.05, 3.63) is 65.9 Å². The average molecular weight is 362 g/mol. The van der Waals surface area contributed by atoms with E-state index in [-0.39, 0.29) is 17.7 Å². The van der Waals surface area contributed by atoms with E-state index >= 15 is 0 Å².